The van der Waals surface area contributed by atoms with Gasteiger partial charge in [-0.1, -0.05) is 58.5 Å². The van der Waals surface area contributed by atoms with Crippen molar-refractivity contribution < 1.29 is 19.0 Å². The van der Waals surface area contributed by atoms with Crippen molar-refractivity contribution >= 4 is 52.2 Å². The molecule has 0 unspecified atom stereocenters. The highest BCUT2D eigenvalue weighted by atomic mass is 35.5. The topological polar surface area (TPSA) is 44.8 Å². The standard InChI is InChI=1S/C20H18Cl4O4/c1-13(25)14-4-2-5-15(10-14)26-7-3-8-28-20-17(21)11-16(12-18(20)22)27-9-6-19(23)24/h2,4-6,10-12H,3,7-9H2,1H3. The molecule has 0 saturated heterocycles. The maximum atomic E-state index is 11.4. The molecule has 28 heavy (non-hydrogen) atoms. The fourth-order valence-corrected chi connectivity index (χ4v) is 2.89. The van der Waals surface area contributed by atoms with Crippen LogP contribution in [0.25, 0.3) is 0 Å². The van der Waals surface area contributed by atoms with Gasteiger partial charge in [0.05, 0.1) is 23.3 Å². The van der Waals surface area contributed by atoms with Gasteiger partial charge in [-0.05, 0) is 25.1 Å². The molecule has 0 aliphatic carbocycles. The highest BCUT2D eigenvalue weighted by Gasteiger charge is 2.11. The molecule has 4 nitrogen and oxygen atoms in total. The summed E-state index contributed by atoms with van der Waals surface area (Å²) >= 11 is 23.5. The van der Waals surface area contributed by atoms with E-state index in [-0.39, 0.29) is 16.9 Å². The van der Waals surface area contributed by atoms with E-state index in [0.717, 1.165) is 0 Å². The van der Waals surface area contributed by atoms with Gasteiger partial charge in [0.1, 0.15) is 22.6 Å². The summed E-state index contributed by atoms with van der Waals surface area (Å²) in [5, 5.41) is 0.664. The number of halogens is 4. The summed E-state index contributed by atoms with van der Waals surface area (Å²) in [5.41, 5.74) is 0.610. The zero-order valence-electron chi connectivity index (χ0n) is 15.0. The normalized spacial score (nSPS) is 10.3. The first-order chi connectivity index (χ1) is 13.4. The number of ketones is 1. The SMILES string of the molecule is CC(=O)c1cccc(OCCCOc2c(Cl)cc(OCC=C(Cl)Cl)cc2Cl)c1. The Morgan fingerprint density at radius 1 is 0.964 bits per heavy atom. The van der Waals surface area contributed by atoms with E-state index in [0.29, 0.717) is 52.5 Å². The summed E-state index contributed by atoms with van der Waals surface area (Å²) in [6, 6.07) is 10.2. The first-order valence-electron chi connectivity index (χ1n) is 8.36. The molecule has 0 saturated carbocycles. The van der Waals surface area contributed by atoms with Crippen molar-refractivity contribution in [1.82, 2.24) is 0 Å². The fourth-order valence-electron chi connectivity index (χ4n) is 2.19. The number of hydrogen-bond acceptors (Lipinski definition) is 4. The van der Waals surface area contributed by atoms with Crippen LogP contribution in [0.4, 0.5) is 0 Å². The zero-order chi connectivity index (χ0) is 20.5. The lowest BCUT2D eigenvalue weighted by Crippen LogP contribution is -2.06. The van der Waals surface area contributed by atoms with Crippen molar-refractivity contribution in [3.8, 4) is 17.2 Å². The predicted octanol–water partition coefficient (Wildman–Crippen LogP) is 6.74. The van der Waals surface area contributed by atoms with Gasteiger partial charge in [0.25, 0.3) is 0 Å². The zero-order valence-corrected chi connectivity index (χ0v) is 18.0. The van der Waals surface area contributed by atoms with E-state index >= 15 is 0 Å². The predicted molar refractivity (Wildman–Crippen MR) is 114 cm³/mol. The van der Waals surface area contributed by atoms with Gasteiger partial charge >= 0.3 is 0 Å². The molecule has 2 aromatic rings. The quantitative estimate of drug-likeness (QED) is 0.289. The maximum Gasteiger partial charge on any atom is 0.159 e. The lowest BCUT2D eigenvalue weighted by Gasteiger charge is -2.12. The molecule has 2 aromatic carbocycles. The number of hydrogen-bond donors (Lipinski definition) is 0. The third-order valence-electron chi connectivity index (χ3n) is 3.50. The van der Waals surface area contributed by atoms with E-state index < -0.39 is 0 Å². The minimum Gasteiger partial charge on any atom is -0.493 e. The van der Waals surface area contributed by atoms with E-state index in [1.165, 1.54) is 13.0 Å². The summed E-state index contributed by atoms with van der Waals surface area (Å²) in [4.78, 5) is 11.4. The summed E-state index contributed by atoms with van der Waals surface area (Å²) < 4.78 is 16.8. The molecule has 150 valence electrons. The Balaban J connectivity index is 1.82. The highest BCUT2D eigenvalue weighted by Crippen LogP contribution is 2.37. The highest BCUT2D eigenvalue weighted by molar-refractivity contribution is 6.55. The summed E-state index contributed by atoms with van der Waals surface area (Å²) in [7, 11) is 0. The fraction of sp³-hybridized carbons (Fsp3) is 0.250. The summed E-state index contributed by atoms with van der Waals surface area (Å²) in [5.74, 6) is 1.48. The van der Waals surface area contributed by atoms with Crippen LogP contribution >= 0.6 is 46.4 Å². The van der Waals surface area contributed by atoms with Crippen LogP contribution in [-0.4, -0.2) is 25.6 Å². The molecular weight excluding hydrogens is 446 g/mol. The van der Waals surface area contributed by atoms with Gasteiger partial charge in [-0.3, -0.25) is 4.79 Å². The monoisotopic (exact) mass is 462 g/mol. The Labute approximate surface area is 183 Å². The van der Waals surface area contributed by atoms with Crippen molar-refractivity contribution in [3.63, 3.8) is 0 Å². The number of rotatable bonds is 10. The van der Waals surface area contributed by atoms with Gasteiger partial charge in [0.2, 0.25) is 0 Å². The Kier molecular flexibility index (Phi) is 9.26. The molecular formula is C20H18Cl4O4. The van der Waals surface area contributed by atoms with E-state index in [9.17, 15) is 4.79 Å². The number of benzene rings is 2. The number of Topliss-reactive ketones (excluding diaryl/α,β-unsaturated/α-hetero) is 1. The molecule has 0 spiro atoms. The molecule has 0 bridgehead atoms. The second-order valence-corrected chi connectivity index (χ2v) is 7.48. The molecule has 8 heteroatoms. The van der Waals surface area contributed by atoms with E-state index in [1.54, 1.807) is 36.4 Å². The van der Waals surface area contributed by atoms with Crippen LogP contribution in [0.15, 0.2) is 47.0 Å². The molecule has 0 radical (unpaired) electrons. The molecule has 0 heterocycles. The smallest absolute Gasteiger partial charge is 0.159 e. The minimum atomic E-state index is -0.00716. The van der Waals surface area contributed by atoms with Gasteiger partial charge in [-0.25, -0.2) is 0 Å². The number of carbonyl (C=O) groups is 1. The molecule has 0 aliphatic rings. The molecule has 0 aliphatic heterocycles. The van der Waals surface area contributed by atoms with Crippen molar-refractivity contribution in [2.24, 2.45) is 0 Å². The van der Waals surface area contributed by atoms with Gasteiger partial charge in [-0.2, -0.15) is 0 Å². The van der Waals surface area contributed by atoms with E-state index in [2.05, 4.69) is 0 Å². The maximum absolute atomic E-state index is 11.4. The lowest BCUT2D eigenvalue weighted by atomic mass is 10.1. The van der Waals surface area contributed by atoms with Gasteiger partial charge in [0, 0.05) is 24.1 Å². The third kappa shape index (κ3) is 7.44. The molecule has 0 amide bonds. The number of ether oxygens (including phenoxy) is 3. The Morgan fingerprint density at radius 2 is 1.64 bits per heavy atom. The van der Waals surface area contributed by atoms with Crippen LogP contribution in [0.1, 0.15) is 23.7 Å². The molecule has 0 atom stereocenters. The van der Waals surface area contributed by atoms with Crippen molar-refractivity contribution in [1.29, 1.82) is 0 Å². The second-order valence-electron chi connectivity index (χ2n) is 5.66. The van der Waals surface area contributed by atoms with E-state index in [4.69, 9.17) is 60.6 Å². The van der Waals surface area contributed by atoms with Gasteiger partial charge < -0.3 is 14.2 Å². The van der Waals surface area contributed by atoms with Crippen LogP contribution in [0.5, 0.6) is 17.2 Å². The van der Waals surface area contributed by atoms with E-state index in [1.807, 2.05) is 0 Å². The van der Waals surface area contributed by atoms with Crippen molar-refractivity contribution in [3.05, 3.63) is 62.6 Å². The van der Waals surface area contributed by atoms with Crippen LogP contribution in [0.2, 0.25) is 10.0 Å². The molecule has 2 rings (SSSR count). The largest absolute Gasteiger partial charge is 0.493 e. The Hall–Kier alpha value is -1.59. The van der Waals surface area contributed by atoms with Crippen LogP contribution in [0.3, 0.4) is 0 Å². The van der Waals surface area contributed by atoms with Gasteiger partial charge in [-0.15, -0.1) is 0 Å². The van der Waals surface area contributed by atoms with Crippen LogP contribution < -0.4 is 14.2 Å². The first kappa shape index (κ1) is 22.7. The molecule has 0 aromatic heterocycles. The lowest BCUT2D eigenvalue weighted by molar-refractivity contribution is 0.101. The Bertz CT molecular complexity index is 825. The minimum absolute atomic E-state index is 0.00716. The van der Waals surface area contributed by atoms with Crippen molar-refractivity contribution in [2.75, 3.05) is 19.8 Å². The number of carbonyl (C=O) groups excluding carboxylic acids is 1. The first-order valence-corrected chi connectivity index (χ1v) is 9.87. The summed E-state index contributed by atoms with van der Waals surface area (Å²) in [6.07, 6.45) is 2.11. The average Bonchev–Trinajstić information content (AvgIpc) is 2.63. The second kappa shape index (κ2) is 11.4. The summed E-state index contributed by atoms with van der Waals surface area (Å²) in [6.45, 7) is 2.48. The Morgan fingerprint density at radius 3 is 2.29 bits per heavy atom. The third-order valence-corrected chi connectivity index (χ3v) is 4.37. The average molecular weight is 464 g/mol. The molecule has 0 N–H and O–H groups in total. The molecule has 0 fully saturated rings. The van der Waals surface area contributed by atoms with Crippen molar-refractivity contribution in [2.45, 2.75) is 13.3 Å². The van der Waals surface area contributed by atoms with Crippen LogP contribution in [-0.2, 0) is 0 Å². The van der Waals surface area contributed by atoms with Gasteiger partial charge in [0.15, 0.2) is 11.5 Å². The van der Waals surface area contributed by atoms with Crippen LogP contribution in [0, 0.1) is 0 Å².